The van der Waals surface area contributed by atoms with E-state index in [1.54, 1.807) is 6.07 Å². The normalized spacial score (nSPS) is 10.8. The second-order valence-corrected chi connectivity index (χ2v) is 9.71. The molecule has 0 unspecified atom stereocenters. The maximum Gasteiger partial charge on any atom is 0.488 e. The summed E-state index contributed by atoms with van der Waals surface area (Å²) < 4.78 is 0. The molecule has 0 amide bonds. The van der Waals surface area contributed by atoms with Gasteiger partial charge in [0.2, 0.25) is 0 Å². The highest BCUT2D eigenvalue weighted by Crippen LogP contribution is 2.37. The van der Waals surface area contributed by atoms with Crippen molar-refractivity contribution < 1.29 is 10.0 Å². The summed E-state index contributed by atoms with van der Waals surface area (Å²) in [5.74, 6) is 0. The third-order valence-electron chi connectivity index (χ3n) is 7.11. The first-order chi connectivity index (χ1) is 19.7. The number of hydrogen-bond donors (Lipinski definition) is 2. The molecule has 0 saturated carbocycles. The summed E-state index contributed by atoms with van der Waals surface area (Å²) in [6.07, 6.45) is 0. The van der Waals surface area contributed by atoms with Gasteiger partial charge in [0.1, 0.15) is 0 Å². The van der Waals surface area contributed by atoms with E-state index in [1.807, 2.05) is 30.3 Å². The van der Waals surface area contributed by atoms with E-state index in [0.29, 0.717) is 5.46 Å². The summed E-state index contributed by atoms with van der Waals surface area (Å²) in [5.41, 5.74) is 10.3. The van der Waals surface area contributed by atoms with Gasteiger partial charge in [-0.2, -0.15) is 0 Å². The first-order valence-electron chi connectivity index (χ1n) is 13.3. The van der Waals surface area contributed by atoms with E-state index in [0.717, 1.165) is 28.2 Å². The van der Waals surface area contributed by atoms with Crippen molar-refractivity contribution in [2.24, 2.45) is 0 Å². The van der Waals surface area contributed by atoms with Crippen LogP contribution in [0.2, 0.25) is 0 Å². The average molecular weight is 517 g/mol. The minimum absolute atomic E-state index is 0.472. The zero-order valence-electron chi connectivity index (χ0n) is 21.9. The molecule has 0 aliphatic carbocycles. The van der Waals surface area contributed by atoms with E-state index in [1.165, 1.54) is 22.3 Å². The van der Waals surface area contributed by atoms with Crippen molar-refractivity contribution >= 4 is 29.6 Å². The minimum Gasteiger partial charge on any atom is -0.423 e. The summed E-state index contributed by atoms with van der Waals surface area (Å²) in [5, 5.41) is 19.2. The van der Waals surface area contributed by atoms with Gasteiger partial charge in [-0.3, -0.25) is 0 Å². The van der Waals surface area contributed by atoms with E-state index in [4.69, 9.17) is 0 Å². The van der Waals surface area contributed by atoms with Gasteiger partial charge >= 0.3 is 7.12 Å². The molecule has 0 heterocycles. The third kappa shape index (κ3) is 5.45. The van der Waals surface area contributed by atoms with Crippen LogP contribution in [-0.2, 0) is 0 Å². The molecule has 40 heavy (non-hydrogen) atoms. The second-order valence-electron chi connectivity index (χ2n) is 9.71. The van der Waals surface area contributed by atoms with Crippen LogP contribution in [0, 0.1) is 0 Å². The van der Waals surface area contributed by atoms with Gasteiger partial charge in [-0.1, -0.05) is 121 Å². The van der Waals surface area contributed by atoms with Crippen LogP contribution in [0.1, 0.15) is 0 Å². The average Bonchev–Trinajstić information content (AvgIpc) is 3.03. The molecule has 0 spiro atoms. The fourth-order valence-electron chi connectivity index (χ4n) is 5.00. The lowest BCUT2D eigenvalue weighted by Crippen LogP contribution is -2.29. The molecule has 3 nitrogen and oxygen atoms in total. The molecule has 0 aliphatic heterocycles. The van der Waals surface area contributed by atoms with Gasteiger partial charge in [-0.15, -0.1) is 0 Å². The Morgan fingerprint density at radius 1 is 0.350 bits per heavy atom. The highest BCUT2D eigenvalue weighted by Gasteiger charge is 2.15. The fraction of sp³-hybridized carbons (Fsp3) is 0. The molecular formula is C36H28BNO2. The Hall–Kier alpha value is -4.90. The van der Waals surface area contributed by atoms with E-state index >= 15 is 0 Å². The van der Waals surface area contributed by atoms with Gasteiger partial charge in [0.15, 0.2) is 0 Å². The summed E-state index contributed by atoms with van der Waals surface area (Å²) in [4.78, 5) is 2.25. The van der Waals surface area contributed by atoms with E-state index < -0.39 is 7.12 Å². The van der Waals surface area contributed by atoms with Gasteiger partial charge < -0.3 is 14.9 Å². The van der Waals surface area contributed by atoms with Crippen molar-refractivity contribution in [2.75, 3.05) is 4.90 Å². The van der Waals surface area contributed by atoms with Crippen LogP contribution in [0.4, 0.5) is 17.1 Å². The van der Waals surface area contributed by atoms with Crippen molar-refractivity contribution in [3.8, 4) is 33.4 Å². The van der Waals surface area contributed by atoms with Crippen molar-refractivity contribution in [3.63, 3.8) is 0 Å². The lowest BCUT2D eigenvalue weighted by Gasteiger charge is -2.26. The molecule has 0 saturated heterocycles. The standard InChI is InChI=1S/C36H28BNO2/c39-37(40)33-13-7-12-32(26-33)31-18-24-36(25-19-31)38(34-20-14-29(15-21-34)27-8-3-1-4-9-27)35-22-16-30(17-23-35)28-10-5-2-6-11-28/h1-26,39-40H. The molecule has 6 aromatic carbocycles. The predicted octanol–water partition coefficient (Wildman–Crippen LogP) is 7.84. The molecule has 0 aliphatic rings. The topological polar surface area (TPSA) is 43.7 Å². The first kappa shape index (κ1) is 25.4. The number of hydrogen-bond acceptors (Lipinski definition) is 3. The van der Waals surface area contributed by atoms with Crippen LogP contribution in [-0.4, -0.2) is 17.2 Å². The number of rotatable bonds is 7. The summed E-state index contributed by atoms with van der Waals surface area (Å²) in [6, 6.07) is 53.8. The smallest absolute Gasteiger partial charge is 0.423 e. The zero-order valence-corrected chi connectivity index (χ0v) is 21.9. The van der Waals surface area contributed by atoms with Gasteiger partial charge in [-0.05, 0) is 75.2 Å². The SMILES string of the molecule is OB(O)c1cccc(-c2ccc(N(c3ccc(-c4ccccc4)cc3)c3ccc(-c4ccccc4)cc3)cc2)c1. The Bertz CT molecular complexity index is 1600. The minimum atomic E-state index is -1.49. The van der Waals surface area contributed by atoms with Gasteiger partial charge in [-0.25, -0.2) is 0 Å². The Morgan fingerprint density at radius 2 is 0.700 bits per heavy atom. The molecule has 0 radical (unpaired) electrons. The summed E-state index contributed by atoms with van der Waals surface area (Å²) in [7, 11) is -1.49. The molecule has 4 heteroatoms. The monoisotopic (exact) mass is 517 g/mol. The molecule has 2 N–H and O–H groups in total. The maximum atomic E-state index is 9.60. The highest BCUT2D eigenvalue weighted by molar-refractivity contribution is 6.58. The van der Waals surface area contributed by atoms with Crippen LogP contribution < -0.4 is 10.4 Å². The van der Waals surface area contributed by atoms with E-state index in [2.05, 4.69) is 126 Å². The van der Waals surface area contributed by atoms with Gasteiger partial charge in [0.25, 0.3) is 0 Å². The quantitative estimate of drug-likeness (QED) is 0.212. The molecule has 0 fully saturated rings. The number of anilines is 3. The lowest BCUT2D eigenvalue weighted by molar-refractivity contribution is 0.426. The molecule has 192 valence electrons. The zero-order chi connectivity index (χ0) is 27.3. The Balaban J connectivity index is 1.37. The second kappa shape index (κ2) is 11.5. The number of benzene rings is 6. The summed E-state index contributed by atoms with van der Waals surface area (Å²) >= 11 is 0. The van der Waals surface area contributed by atoms with Crippen LogP contribution in [0.15, 0.2) is 158 Å². The van der Waals surface area contributed by atoms with Crippen molar-refractivity contribution in [1.29, 1.82) is 0 Å². The van der Waals surface area contributed by atoms with Crippen LogP contribution >= 0.6 is 0 Å². The van der Waals surface area contributed by atoms with Crippen molar-refractivity contribution in [3.05, 3.63) is 158 Å². The lowest BCUT2D eigenvalue weighted by atomic mass is 9.79. The van der Waals surface area contributed by atoms with Crippen molar-refractivity contribution in [2.45, 2.75) is 0 Å². The van der Waals surface area contributed by atoms with Crippen molar-refractivity contribution in [1.82, 2.24) is 0 Å². The molecule has 0 bridgehead atoms. The van der Waals surface area contributed by atoms with Crippen LogP contribution in [0.5, 0.6) is 0 Å². The first-order valence-corrected chi connectivity index (χ1v) is 13.3. The van der Waals surface area contributed by atoms with Crippen LogP contribution in [0.3, 0.4) is 0 Å². The summed E-state index contributed by atoms with van der Waals surface area (Å²) in [6.45, 7) is 0. The Kier molecular flexibility index (Phi) is 7.27. The predicted molar refractivity (Wildman–Crippen MR) is 167 cm³/mol. The molecule has 0 aromatic heterocycles. The third-order valence-corrected chi connectivity index (χ3v) is 7.11. The fourth-order valence-corrected chi connectivity index (χ4v) is 5.00. The maximum absolute atomic E-state index is 9.60. The Labute approximate surface area is 235 Å². The van der Waals surface area contributed by atoms with Gasteiger partial charge in [0.05, 0.1) is 0 Å². The van der Waals surface area contributed by atoms with Crippen LogP contribution in [0.25, 0.3) is 33.4 Å². The van der Waals surface area contributed by atoms with E-state index in [9.17, 15) is 10.0 Å². The molecule has 6 aromatic rings. The molecular weight excluding hydrogens is 489 g/mol. The largest absolute Gasteiger partial charge is 0.488 e. The molecule has 0 atom stereocenters. The molecule has 6 rings (SSSR count). The number of nitrogens with zero attached hydrogens (tertiary/aromatic N) is 1. The van der Waals surface area contributed by atoms with E-state index in [-0.39, 0.29) is 0 Å². The highest BCUT2D eigenvalue weighted by atomic mass is 16.4. The Morgan fingerprint density at radius 3 is 1.10 bits per heavy atom. The van der Waals surface area contributed by atoms with Gasteiger partial charge in [0, 0.05) is 17.1 Å².